The Morgan fingerprint density at radius 3 is 2.95 bits per heavy atom. The second kappa shape index (κ2) is 6.83. The van der Waals surface area contributed by atoms with E-state index in [9.17, 15) is 9.59 Å². The summed E-state index contributed by atoms with van der Waals surface area (Å²) in [5.74, 6) is -0.661. The van der Waals surface area contributed by atoms with E-state index in [4.69, 9.17) is 5.11 Å². The molecule has 0 aromatic carbocycles. The summed E-state index contributed by atoms with van der Waals surface area (Å²) >= 11 is 1.67. The highest BCUT2D eigenvalue weighted by Gasteiger charge is 2.26. The largest absolute Gasteiger partial charge is 0.481 e. The highest BCUT2D eigenvalue weighted by atomic mass is 32.1. The lowest BCUT2D eigenvalue weighted by Crippen LogP contribution is -2.39. The van der Waals surface area contributed by atoms with Crippen molar-refractivity contribution in [3.63, 3.8) is 0 Å². The number of aromatic nitrogens is 1. The van der Waals surface area contributed by atoms with Crippen molar-refractivity contribution < 1.29 is 14.7 Å². The van der Waals surface area contributed by atoms with Crippen LogP contribution in [0.5, 0.6) is 0 Å². The van der Waals surface area contributed by atoms with Gasteiger partial charge in [-0.2, -0.15) is 0 Å². The number of amides is 1. The van der Waals surface area contributed by atoms with Gasteiger partial charge in [0.1, 0.15) is 0 Å². The molecule has 110 valence electrons. The predicted octanol–water partition coefficient (Wildman–Crippen LogP) is 2.28. The van der Waals surface area contributed by atoms with Gasteiger partial charge in [-0.1, -0.05) is 6.92 Å². The summed E-state index contributed by atoms with van der Waals surface area (Å²) in [6.45, 7) is 3.50. The number of carbonyl (C=O) groups is 2. The second-order valence-electron chi connectivity index (χ2n) is 5.10. The highest BCUT2D eigenvalue weighted by Crippen LogP contribution is 2.29. The zero-order valence-corrected chi connectivity index (χ0v) is 12.5. The Kier molecular flexibility index (Phi) is 5.11. The van der Waals surface area contributed by atoms with Gasteiger partial charge in [0.2, 0.25) is 5.91 Å². The Morgan fingerprint density at radius 2 is 2.30 bits per heavy atom. The third-order valence-electron chi connectivity index (χ3n) is 3.61. The van der Waals surface area contributed by atoms with Crippen molar-refractivity contribution in [1.29, 1.82) is 0 Å². The van der Waals surface area contributed by atoms with E-state index < -0.39 is 5.97 Å². The SMILES string of the molecule is CCc1csc(C2CCCN(C(=O)CCC(=O)O)C2)n1. The molecule has 2 heterocycles. The molecular weight excluding hydrogens is 276 g/mol. The molecule has 5 nitrogen and oxygen atoms in total. The van der Waals surface area contributed by atoms with Crippen LogP contribution >= 0.6 is 11.3 Å². The van der Waals surface area contributed by atoms with Crippen molar-refractivity contribution in [2.45, 2.75) is 44.9 Å². The van der Waals surface area contributed by atoms with Gasteiger partial charge in [0, 0.05) is 30.8 Å². The molecule has 1 fully saturated rings. The normalized spacial score (nSPS) is 19.1. The van der Waals surface area contributed by atoms with Gasteiger partial charge in [0.05, 0.1) is 17.1 Å². The zero-order valence-electron chi connectivity index (χ0n) is 11.7. The molecule has 0 radical (unpaired) electrons. The molecule has 1 aliphatic rings. The van der Waals surface area contributed by atoms with Crippen molar-refractivity contribution in [3.8, 4) is 0 Å². The minimum Gasteiger partial charge on any atom is -0.481 e. The number of aliphatic carboxylic acids is 1. The van der Waals surface area contributed by atoms with Gasteiger partial charge in [0.15, 0.2) is 0 Å². The first-order valence-electron chi connectivity index (χ1n) is 7.04. The van der Waals surface area contributed by atoms with Crippen LogP contribution in [0.4, 0.5) is 0 Å². The number of carbonyl (C=O) groups excluding carboxylic acids is 1. The van der Waals surface area contributed by atoms with Gasteiger partial charge in [-0.3, -0.25) is 9.59 Å². The van der Waals surface area contributed by atoms with Crippen LogP contribution in [0.25, 0.3) is 0 Å². The van der Waals surface area contributed by atoms with E-state index in [0.29, 0.717) is 12.5 Å². The van der Waals surface area contributed by atoms with Crippen molar-refractivity contribution in [3.05, 3.63) is 16.1 Å². The number of hydrogen-bond donors (Lipinski definition) is 1. The topological polar surface area (TPSA) is 70.5 Å². The van der Waals surface area contributed by atoms with Crippen LogP contribution in [-0.2, 0) is 16.0 Å². The highest BCUT2D eigenvalue weighted by molar-refractivity contribution is 7.09. The lowest BCUT2D eigenvalue weighted by molar-refractivity contribution is -0.141. The summed E-state index contributed by atoms with van der Waals surface area (Å²) in [5, 5.41) is 11.8. The molecule has 0 bridgehead atoms. The van der Waals surface area contributed by atoms with Crippen molar-refractivity contribution in [2.75, 3.05) is 13.1 Å². The first-order valence-corrected chi connectivity index (χ1v) is 7.92. The van der Waals surface area contributed by atoms with Gasteiger partial charge in [0.25, 0.3) is 0 Å². The smallest absolute Gasteiger partial charge is 0.303 e. The summed E-state index contributed by atoms with van der Waals surface area (Å²) in [6, 6.07) is 0. The maximum atomic E-state index is 12.0. The summed E-state index contributed by atoms with van der Waals surface area (Å²) in [4.78, 5) is 28.9. The lowest BCUT2D eigenvalue weighted by Gasteiger charge is -2.31. The fourth-order valence-corrected chi connectivity index (χ4v) is 3.48. The molecule has 1 N–H and O–H groups in total. The molecule has 0 spiro atoms. The number of nitrogens with zero attached hydrogens (tertiary/aromatic N) is 2. The molecule has 1 unspecified atom stereocenters. The fraction of sp³-hybridized carbons (Fsp3) is 0.643. The molecule has 0 saturated carbocycles. The van der Waals surface area contributed by atoms with Gasteiger partial charge >= 0.3 is 5.97 Å². The molecule has 1 aromatic rings. The molecule has 20 heavy (non-hydrogen) atoms. The van der Waals surface area contributed by atoms with Crippen LogP contribution in [0.15, 0.2) is 5.38 Å². The fourth-order valence-electron chi connectivity index (χ4n) is 2.45. The van der Waals surface area contributed by atoms with Gasteiger partial charge in [-0.15, -0.1) is 11.3 Å². The molecule has 0 aliphatic carbocycles. The molecule has 1 amide bonds. The van der Waals surface area contributed by atoms with E-state index in [2.05, 4.69) is 17.3 Å². The first-order chi connectivity index (χ1) is 9.60. The Morgan fingerprint density at radius 1 is 1.50 bits per heavy atom. The monoisotopic (exact) mass is 296 g/mol. The molecule has 1 aliphatic heterocycles. The van der Waals surface area contributed by atoms with Gasteiger partial charge in [-0.05, 0) is 19.3 Å². The molecule has 2 rings (SSSR count). The summed E-state index contributed by atoms with van der Waals surface area (Å²) < 4.78 is 0. The summed E-state index contributed by atoms with van der Waals surface area (Å²) in [7, 11) is 0. The molecule has 1 saturated heterocycles. The van der Waals surface area contributed by atoms with Crippen LogP contribution < -0.4 is 0 Å². The maximum absolute atomic E-state index is 12.0. The number of thiazole rings is 1. The zero-order chi connectivity index (χ0) is 14.5. The molecule has 6 heteroatoms. The number of carboxylic acids is 1. The number of carboxylic acid groups (broad SMARTS) is 1. The van der Waals surface area contributed by atoms with E-state index in [1.54, 1.807) is 16.2 Å². The van der Waals surface area contributed by atoms with E-state index in [1.165, 1.54) is 0 Å². The van der Waals surface area contributed by atoms with Crippen LogP contribution in [-0.4, -0.2) is 40.0 Å². The minimum atomic E-state index is -0.917. The van der Waals surface area contributed by atoms with Crippen LogP contribution in [0.3, 0.4) is 0 Å². The Hall–Kier alpha value is -1.43. The lowest BCUT2D eigenvalue weighted by atomic mass is 9.98. The van der Waals surface area contributed by atoms with Crippen LogP contribution in [0.2, 0.25) is 0 Å². The van der Waals surface area contributed by atoms with E-state index in [0.717, 1.165) is 36.5 Å². The number of hydrogen-bond acceptors (Lipinski definition) is 4. The average molecular weight is 296 g/mol. The first kappa shape index (κ1) is 15.0. The predicted molar refractivity (Wildman–Crippen MR) is 76.9 cm³/mol. The Balaban J connectivity index is 1.94. The number of aryl methyl sites for hydroxylation is 1. The summed E-state index contributed by atoms with van der Waals surface area (Å²) in [5.41, 5.74) is 1.11. The molecule has 1 aromatic heterocycles. The third kappa shape index (κ3) is 3.79. The Bertz CT molecular complexity index is 487. The van der Waals surface area contributed by atoms with Crippen molar-refractivity contribution in [2.24, 2.45) is 0 Å². The minimum absolute atomic E-state index is 0.0515. The quantitative estimate of drug-likeness (QED) is 0.905. The van der Waals surface area contributed by atoms with E-state index in [-0.39, 0.29) is 18.7 Å². The van der Waals surface area contributed by atoms with Crippen molar-refractivity contribution >= 4 is 23.2 Å². The number of likely N-dealkylation sites (tertiary alicyclic amines) is 1. The van der Waals surface area contributed by atoms with Crippen LogP contribution in [0, 0.1) is 0 Å². The number of rotatable bonds is 5. The maximum Gasteiger partial charge on any atom is 0.303 e. The Labute approximate surface area is 122 Å². The van der Waals surface area contributed by atoms with Gasteiger partial charge < -0.3 is 10.0 Å². The second-order valence-corrected chi connectivity index (χ2v) is 5.99. The molecular formula is C14H20N2O3S. The van der Waals surface area contributed by atoms with Gasteiger partial charge in [-0.25, -0.2) is 4.98 Å². The average Bonchev–Trinajstić information content (AvgIpc) is 2.94. The number of piperidine rings is 1. The van der Waals surface area contributed by atoms with Crippen LogP contribution in [0.1, 0.15) is 49.2 Å². The standard InChI is InChI=1S/C14H20N2O3S/c1-2-11-9-20-14(15-11)10-4-3-7-16(8-10)12(17)5-6-13(18)19/h9-10H,2-8H2,1H3,(H,18,19). The third-order valence-corrected chi connectivity index (χ3v) is 4.66. The molecule has 1 atom stereocenters. The summed E-state index contributed by atoms with van der Waals surface area (Å²) in [6.07, 6.45) is 2.96. The van der Waals surface area contributed by atoms with E-state index >= 15 is 0 Å². The van der Waals surface area contributed by atoms with Crippen molar-refractivity contribution in [1.82, 2.24) is 9.88 Å². The van der Waals surface area contributed by atoms with E-state index in [1.807, 2.05) is 0 Å².